The first-order valence-corrected chi connectivity index (χ1v) is 12.6. The van der Waals surface area contributed by atoms with Crippen molar-refractivity contribution in [3.8, 4) is 6.01 Å². The summed E-state index contributed by atoms with van der Waals surface area (Å²) in [5.74, 6) is 0.118. The maximum absolute atomic E-state index is 13.4. The zero-order valence-corrected chi connectivity index (χ0v) is 21.2. The number of aromatic amines is 1. The predicted molar refractivity (Wildman–Crippen MR) is 141 cm³/mol. The van der Waals surface area contributed by atoms with Crippen molar-refractivity contribution in [1.29, 1.82) is 0 Å². The van der Waals surface area contributed by atoms with Gasteiger partial charge in [0, 0.05) is 37.8 Å². The third kappa shape index (κ3) is 5.26. The Labute approximate surface area is 215 Å². The number of hydrogen-bond acceptors (Lipinski definition) is 8. The summed E-state index contributed by atoms with van der Waals surface area (Å²) < 4.78 is 6.04. The molecule has 0 bridgehead atoms. The second-order valence-corrected chi connectivity index (χ2v) is 9.57. The summed E-state index contributed by atoms with van der Waals surface area (Å²) in [5, 5.41) is 2.93. The molecular weight excluding hydrogens is 472 g/mol. The Morgan fingerprint density at radius 3 is 2.89 bits per heavy atom. The lowest BCUT2D eigenvalue weighted by atomic mass is 10.1. The number of hydrogen-bond donors (Lipinski definition) is 2. The number of aromatic nitrogens is 4. The number of nitrogens with zero attached hydrogens (tertiary/aromatic N) is 6. The molecule has 5 rings (SSSR count). The van der Waals surface area contributed by atoms with Gasteiger partial charge in [-0.25, -0.2) is 4.98 Å². The highest BCUT2D eigenvalue weighted by molar-refractivity contribution is 6.07. The first kappa shape index (κ1) is 24.7. The van der Waals surface area contributed by atoms with Gasteiger partial charge in [0.1, 0.15) is 23.6 Å². The number of carbonyl (C=O) groups excluding carboxylic acids is 2. The van der Waals surface area contributed by atoms with Gasteiger partial charge in [-0.3, -0.25) is 9.59 Å². The number of nitrogens with one attached hydrogen (secondary N) is 2. The fraction of sp³-hybridized carbons (Fsp3) is 0.423. The number of ether oxygens (including phenoxy) is 1. The quantitative estimate of drug-likeness (QED) is 0.471. The second-order valence-electron chi connectivity index (χ2n) is 9.57. The number of likely N-dealkylation sites (N-methyl/N-ethyl adjacent to an activating group) is 1. The van der Waals surface area contributed by atoms with Crippen molar-refractivity contribution in [3.63, 3.8) is 0 Å². The number of piperazine rings is 1. The first-order valence-electron chi connectivity index (χ1n) is 12.6. The number of imidazole rings is 1. The highest BCUT2D eigenvalue weighted by atomic mass is 16.5. The molecule has 2 atom stereocenters. The fourth-order valence-electron chi connectivity index (χ4n) is 4.98. The van der Waals surface area contributed by atoms with Crippen molar-refractivity contribution in [2.75, 3.05) is 50.1 Å². The molecule has 0 saturated carbocycles. The molecule has 2 aromatic heterocycles. The molecule has 0 spiro atoms. The van der Waals surface area contributed by atoms with E-state index < -0.39 is 0 Å². The van der Waals surface area contributed by atoms with Crippen LogP contribution in [0.4, 0.5) is 11.5 Å². The van der Waals surface area contributed by atoms with Gasteiger partial charge in [0.05, 0.1) is 17.5 Å². The van der Waals surface area contributed by atoms with Crippen LogP contribution in [0, 0.1) is 0 Å². The van der Waals surface area contributed by atoms with E-state index in [2.05, 4.69) is 48.7 Å². The second kappa shape index (κ2) is 10.6. The molecule has 37 heavy (non-hydrogen) atoms. The van der Waals surface area contributed by atoms with Crippen LogP contribution in [0.25, 0.3) is 11.0 Å². The Kier molecular flexibility index (Phi) is 7.04. The van der Waals surface area contributed by atoms with E-state index in [9.17, 15) is 9.59 Å². The first-order chi connectivity index (χ1) is 17.9. The van der Waals surface area contributed by atoms with E-state index in [0.717, 1.165) is 24.9 Å². The highest BCUT2D eigenvalue weighted by Crippen LogP contribution is 2.25. The Morgan fingerprint density at radius 2 is 2.14 bits per heavy atom. The van der Waals surface area contributed by atoms with E-state index in [0.29, 0.717) is 43.3 Å². The van der Waals surface area contributed by atoms with E-state index in [-0.39, 0.29) is 35.6 Å². The van der Waals surface area contributed by atoms with Crippen LogP contribution in [0.15, 0.2) is 43.2 Å². The van der Waals surface area contributed by atoms with E-state index in [4.69, 9.17) is 4.74 Å². The summed E-state index contributed by atoms with van der Waals surface area (Å²) in [6.07, 6.45) is 5.10. The lowest BCUT2D eigenvalue weighted by Gasteiger charge is -2.40. The average Bonchev–Trinajstić information content (AvgIpc) is 3.56. The van der Waals surface area contributed by atoms with Crippen LogP contribution < -0.4 is 15.0 Å². The molecule has 11 heteroatoms. The maximum atomic E-state index is 13.4. The normalized spacial score (nSPS) is 20.3. The predicted octanol–water partition coefficient (Wildman–Crippen LogP) is 2.30. The molecular formula is C26H32N8O3. The van der Waals surface area contributed by atoms with Crippen molar-refractivity contribution in [3.05, 3.63) is 48.9 Å². The molecule has 0 aliphatic carbocycles. The Hall–Kier alpha value is -3.99. The molecule has 2 unspecified atom stereocenters. The van der Waals surface area contributed by atoms with Crippen molar-refractivity contribution >= 4 is 34.4 Å². The van der Waals surface area contributed by atoms with Crippen LogP contribution in [-0.4, -0.2) is 93.5 Å². The molecule has 2 saturated heterocycles. The molecule has 194 valence electrons. The summed E-state index contributed by atoms with van der Waals surface area (Å²) in [4.78, 5) is 48.1. The van der Waals surface area contributed by atoms with Crippen LogP contribution in [0.1, 0.15) is 30.3 Å². The number of rotatable bonds is 7. The van der Waals surface area contributed by atoms with E-state index in [1.807, 2.05) is 19.1 Å². The lowest BCUT2D eigenvalue weighted by Crippen LogP contribution is -2.53. The molecule has 11 nitrogen and oxygen atoms in total. The van der Waals surface area contributed by atoms with Crippen molar-refractivity contribution in [2.24, 2.45) is 0 Å². The molecule has 1 aromatic carbocycles. The number of benzene rings is 1. The van der Waals surface area contributed by atoms with Crippen molar-refractivity contribution < 1.29 is 14.3 Å². The summed E-state index contributed by atoms with van der Waals surface area (Å²) in [7, 11) is 2.08. The van der Waals surface area contributed by atoms with Crippen molar-refractivity contribution in [1.82, 2.24) is 29.7 Å². The Balaban J connectivity index is 1.41. The van der Waals surface area contributed by atoms with Gasteiger partial charge in [0.25, 0.3) is 5.91 Å². The van der Waals surface area contributed by atoms with Gasteiger partial charge in [0.2, 0.25) is 5.91 Å². The zero-order chi connectivity index (χ0) is 25.9. The molecule has 4 heterocycles. The summed E-state index contributed by atoms with van der Waals surface area (Å²) in [6, 6.07) is 7.65. The standard InChI is InChI=1S/C26H32N8O3/c1-4-23(35)33-11-12-34(17(2)14-33)22-13-21(30-26(31-22)37-15-18-7-6-10-32(18)3)25(36)29-20-9-5-8-19-24(20)28-16-27-19/h4-5,8-9,13,16-18H,1,6-7,10-12,14-15H2,2-3H3,(H,27,28)(H,29,36). The van der Waals surface area contributed by atoms with Crippen LogP contribution in [-0.2, 0) is 4.79 Å². The van der Waals surface area contributed by atoms with Gasteiger partial charge in [-0.2, -0.15) is 9.97 Å². The summed E-state index contributed by atoms with van der Waals surface area (Å²) in [6.45, 7) is 8.73. The number of likely N-dealkylation sites (tertiary alicyclic amines) is 1. The molecule has 2 N–H and O–H groups in total. The van der Waals surface area contributed by atoms with Gasteiger partial charge in [-0.15, -0.1) is 0 Å². The van der Waals surface area contributed by atoms with Crippen LogP contribution in [0.3, 0.4) is 0 Å². The highest BCUT2D eigenvalue weighted by Gasteiger charge is 2.29. The number of carbonyl (C=O) groups is 2. The van der Waals surface area contributed by atoms with Crippen LogP contribution >= 0.6 is 0 Å². The fourth-order valence-corrected chi connectivity index (χ4v) is 4.98. The largest absolute Gasteiger partial charge is 0.462 e. The number of para-hydroxylation sites is 1. The maximum Gasteiger partial charge on any atom is 0.319 e. The third-order valence-electron chi connectivity index (χ3n) is 7.11. The minimum absolute atomic E-state index is 0.0184. The number of anilines is 2. The molecule has 2 fully saturated rings. The molecule has 2 aliphatic rings. The molecule has 2 aliphatic heterocycles. The average molecular weight is 505 g/mol. The molecule has 2 amide bonds. The van der Waals surface area contributed by atoms with E-state index in [1.54, 1.807) is 23.4 Å². The zero-order valence-electron chi connectivity index (χ0n) is 21.2. The SMILES string of the molecule is C=CC(=O)N1CCN(c2cc(C(=O)Nc3cccc4[nH]cnc34)nc(OCC3CCCN3C)n2)C(C)C1. The van der Waals surface area contributed by atoms with Gasteiger partial charge in [-0.1, -0.05) is 12.6 Å². The van der Waals surface area contributed by atoms with Gasteiger partial charge in [0.15, 0.2) is 0 Å². The van der Waals surface area contributed by atoms with Crippen molar-refractivity contribution in [2.45, 2.75) is 31.8 Å². The number of H-pyrrole nitrogens is 1. The van der Waals surface area contributed by atoms with Gasteiger partial charge >= 0.3 is 6.01 Å². The lowest BCUT2D eigenvalue weighted by molar-refractivity contribution is -0.126. The summed E-state index contributed by atoms with van der Waals surface area (Å²) in [5.41, 5.74) is 2.28. The van der Waals surface area contributed by atoms with E-state index >= 15 is 0 Å². The summed E-state index contributed by atoms with van der Waals surface area (Å²) >= 11 is 0. The number of amides is 2. The van der Waals surface area contributed by atoms with Gasteiger partial charge in [-0.05, 0) is 51.6 Å². The Morgan fingerprint density at radius 1 is 1.27 bits per heavy atom. The monoisotopic (exact) mass is 504 g/mol. The topological polar surface area (TPSA) is 120 Å². The third-order valence-corrected chi connectivity index (χ3v) is 7.11. The van der Waals surface area contributed by atoms with Crippen LogP contribution in [0.5, 0.6) is 6.01 Å². The Bertz CT molecular complexity index is 1310. The molecule has 0 radical (unpaired) electrons. The number of fused-ring (bicyclic) bond motifs is 1. The van der Waals surface area contributed by atoms with Gasteiger partial charge < -0.3 is 29.7 Å². The van der Waals surface area contributed by atoms with Crippen LogP contribution in [0.2, 0.25) is 0 Å². The smallest absolute Gasteiger partial charge is 0.319 e. The minimum Gasteiger partial charge on any atom is -0.462 e. The molecule has 3 aromatic rings. The van der Waals surface area contributed by atoms with E-state index in [1.165, 1.54) is 6.08 Å². The minimum atomic E-state index is -0.380.